The molecule has 3 atom stereocenters. The quantitative estimate of drug-likeness (QED) is 0.807. The van der Waals surface area contributed by atoms with E-state index >= 15 is 0 Å². The number of hydrogen-bond donors (Lipinski definition) is 2. The van der Waals surface area contributed by atoms with Gasteiger partial charge in [0.05, 0.1) is 6.10 Å². The normalized spacial score (nSPS) is 15.2. The first-order chi connectivity index (χ1) is 9.43. The summed E-state index contributed by atoms with van der Waals surface area (Å²) < 4.78 is 5.62. The molecular formula is C16H25NO3. The van der Waals surface area contributed by atoms with Gasteiger partial charge in [0, 0.05) is 6.04 Å². The number of amides is 1. The molecule has 0 bridgehead atoms. The highest BCUT2D eigenvalue weighted by Crippen LogP contribution is 2.19. The van der Waals surface area contributed by atoms with Crippen LogP contribution in [-0.4, -0.2) is 23.2 Å². The summed E-state index contributed by atoms with van der Waals surface area (Å²) in [5, 5.41) is 12.5. The molecule has 0 heterocycles. The van der Waals surface area contributed by atoms with Crippen LogP contribution in [0.25, 0.3) is 0 Å². The van der Waals surface area contributed by atoms with Crippen LogP contribution in [0.1, 0.15) is 52.2 Å². The fraction of sp³-hybridized carbons (Fsp3) is 0.562. The van der Waals surface area contributed by atoms with E-state index in [1.807, 2.05) is 19.1 Å². The minimum absolute atomic E-state index is 0.117. The van der Waals surface area contributed by atoms with Gasteiger partial charge in [0.15, 0.2) is 6.10 Å². The van der Waals surface area contributed by atoms with E-state index in [1.165, 1.54) is 0 Å². The van der Waals surface area contributed by atoms with Crippen LogP contribution < -0.4 is 10.1 Å². The number of aliphatic hydroxyl groups is 1. The molecule has 1 aromatic carbocycles. The van der Waals surface area contributed by atoms with E-state index in [-0.39, 0.29) is 11.9 Å². The molecule has 0 radical (unpaired) electrons. The Balaban J connectivity index is 2.59. The largest absolute Gasteiger partial charge is 0.481 e. The lowest BCUT2D eigenvalue weighted by atomic mass is 10.1. The van der Waals surface area contributed by atoms with Gasteiger partial charge in [-0.1, -0.05) is 25.5 Å². The molecule has 1 rings (SSSR count). The highest BCUT2D eigenvalue weighted by molar-refractivity contribution is 5.80. The Kier molecular flexibility index (Phi) is 6.52. The third-order valence-corrected chi connectivity index (χ3v) is 3.13. The van der Waals surface area contributed by atoms with Crippen LogP contribution in [0, 0.1) is 0 Å². The summed E-state index contributed by atoms with van der Waals surface area (Å²) in [6.45, 7) is 7.50. The smallest absolute Gasteiger partial charge is 0.260 e. The Morgan fingerprint density at radius 3 is 2.65 bits per heavy atom. The predicted molar refractivity (Wildman–Crippen MR) is 79.7 cm³/mol. The fourth-order valence-corrected chi connectivity index (χ4v) is 1.97. The van der Waals surface area contributed by atoms with E-state index in [9.17, 15) is 9.90 Å². The van der Waals surface area contributed by atoms with E-state index in [2.05, 4.69) is 12.2 Å². The van der Waals surface area contributed by atoms with Gasteiger partial charge in [0.1, 0.15) is 5.75 Å². The van der Waals surface area contributed by atoms with E-state index in [0.717, 1.165) is 18.4 Å². The average molecular weight is 279 g/mol. The minimum Gasteiger partial charge on any atom is -0.481 e. The summed E-state index contributed by atoms with van der Waals surface area (Å²) in [4.78, 5) is 12.0. The van der Waals surface area contributed by atoms with Crippen molar-refractivity contribution in [3.63, 3.8) is 0 Å². The van der Waals surface area contributed by atoms with Gasteiger partial charge in [-0.3, -0.25) is 4.79 Å². The molecule has 4 heteroatoms. The summed E-state index contributed by atoms with van der Waals surface area (Å²) in [6.07, 6.45) is 0.883. The number of hydrogen-bond acceptors (Lipinski definition) is 3. The van der Waals surface area contributed by atoms with Crippen molar-refractivity contribution in [1.29, 1.82) is 0 Å². The Hall–Kier alpha value is -1.55. The molecular weight excluding hydrogens is 254 g/mol. The standard InChI is InChI=1S/C16H25NO3/c1-5-7-11(2)17-16(19)13(4)20-15-9-6-8-14(10-15)12(3)18/h6,8-13,18H,5,7H2,1-4H3,(H,17,19). The van der Waals surface area contributed by atoms with Crippen molar-refractivity contribution in [2.75, 3.05) is 0 Å². The molecule has 0 aliphatic heterocycles. The molecule has 0 fully saturated rings. The molecule has 0 aliphatic carbocycles. The summed E-state index contributed by atoms with van der Waals surface area (Å²) in [5.41, 5.74) is 0.773. The topological polar surface area (TPSA) is 58.6 Å². The lowest BCUT2D eigenvalue weighted by Gasteiger charge is -2.19. The molecule has 0 aromatic heterocycles. The third-order valence-electron chi connectivity index (χ3n) is 3.13. The highest BCUT2D eigenvalue weighted by Gasteiger charge is 2.16. The zero-order valence-electron chi connectivity index (χ0n) is 12.7. The van der Waals surface area contributed by atoms with Gasteiger partial charge in [-0.2, -0.15) is 0 Å². The number of aliphatic hydroxyl groups excluding tert-OH is 1. The maximum absolute atomic E-state index is 12.0. The minimum atomic E-state index is -0.557. The zero-order chi connectivity index (χ0) is 15.1. The lowest BCUT2D eigenvalue weighted by Crippen LogP contribution is -2.41. The lowest BCUT2D eigenvalue weighted by molar-refractivity contribution is -0.127. The van der Waals surface area contributed by atoms with Crippen molar-refractivity contribution >= 4 is 5.91 Å². The van der Waals surface area contributed by atoms with Crippen LogP contribution in [-0.2, 0) is 4.79 Å². The molecule has 0 saturated carbocycles. The number of ether oxygens (including phenoxy) is 1. The average Bonchev–Trinajstić information content (AvgIpc) is 2.39. The second kappa shape index (κ2) is 7.90. The molecule has 3 unspecified atom stereocenters. The first kappa shape index (κ1) is 16.5. The van der Waals surface area contributed by atoms with Crippen LogP contribution in [0.15, 0.2) is 24.3 Å². The van der Waals surface area contributed by atoms with Gasteiger partial charge in [-0.25, -0.2) is 0 Å². The highest BCUT2D eigenvalue weighted by atomic mass is 16.5. The molecule has 0 aliphatic rings. The van der Waals surface area contributed by atoms with Gasteiger partial charge in [0.25, 0.3) is 5.91 Å². The number of carbonyl (C=O) groups excluding carboxylic acids is 1. The Bertz CT molecular complexity index is 431. The van der Waals surface area contributed by atoms with Crippen molar-refractivity contribution in [2.45, 2.75) is 58.8 Å². The van der Waals surface area contributed by atoms with Crippen LogP contribution in [0.3, 0.4) is 0 Å². The van der Waals surface area contributed by atoms with Gasteiger partial charge in [0.2, 0.25) is 0 Å². The molecule has 2 N–H and O–H groups in total. The third kappa shape index (κ3) is 5.21. The summed E-state index contributed by atoms with van der Waals surface area (Å²) in [5.74, 6) is 0.475. The van der Waals surface area contributed by atoms with Crippen molar-refractivity contribution in [1.82, 2.24) is 5.32 Å². The van der Waals surface area contributed by atoms with Crippen LogP contribution in [0.4, 0.5) is 0 Å². The van der Waals surface area contributed by atoms with Crippen molar-refractivity contribution in [2.24, 2.45) is 0 Å². The van der Waals surface area contributed by atoms with Crippen molar-refractivity contribution in [3.8, 4) is 5.75 Å². The molecule has 0 saturated heterocycles. The zero-order valence-corrected chi connectivity index (χ0v) is 12.7. The maximum atomic E-state index is 12.0. The molecule has 20 heavy (non-hydrogen) atoms. The summed E-state index contributed by atoms with van der Waals surface area (Å²) >= 11 is 0. The SMILES string of the molecule is CCCC(C)NC(=O)C(C)Oc1cccc(C(C)O)c1. The van der Waals surface area contributed by atoms with Gasteiger partial charge < -0.3 is 15.2 Å². The monoisotopic (exact) mass is 279 g/mol. The van der Waals surface area contributed by atoms with Crippen molar-refractivity contribution < 1.29 is 14.6 Å². The van der Waals surface area contributed by atoms with Crippen LogP contribution >= 0.6 is 0 Å². The number of rotatable bonds is 7. The second-order valence-corrected chi connectivity index (χ2v) is 5.21. The first-order valence-electron chi connectivity index (χ1n) is 7.19. The van der Waals surface area contributed by atoms with E-state index in [1.54, 1.807) is 26.0 Å². The number of nitrogens with one attached hydrogen (secondary N) is 1. The molecule has 1 aromatic rings. The first-order valence-corrected chi connectivity index (χ1v) is 7.19. The molecule has 112 valence electrons. The number of benzene rings is 1. The van der Waals surface area contributed by atoms with E-state index in [0.29, 0.717) is 5.75 Å². The summed E-state index contributed by atoms with van der Waals surface area (Å²) in [6, 6.07) is 7.32. The van der Waals surface area contributed by atoms with E-state index in [4.69, 9.17) is 4.74 Å². The predicted octanol–water partition coefficient (Wildman–Crippen LogP) is 2.81. The molecule has 0 spiro atoms. The summed E-state index contributed by atoms with van der Waals surface area (Å²) in [7, 11) is 0. The van der Waals surface area contributed by atoms with E-state index < -0.39 is 12.2 Å². The second-order valence-electron chi connectivity index (χ2n) is 5.21. The molecule has 1 amide bonds. The Morgan fingerprint density at radius 2 is 2.05 bits per heavy atom. The fourth-order valence-electron chi connectivity index (χ4n) is 1.97. The van der Waals surface area contributed by atoms with Gasteiger partial charge >= 0.3 is 0 Å². The maximum Gasteiger partial charge on any atom is 0.260 e. The van der Waals surface area contributed by atoms with Gasteiger partial charge in [-0.15, -0.1) is 0 Å². The Morgan fingerprint density at radius 1 is 1.35 bits per heavy atom. The van der Waals surface area contributed by atoms with Crippen LogP contribution in [0.2, 0.25) is 0 Å². The Labute approximate surface area is 121 Å². The van der Waals surface area contributed by atoms with Crippen molar-refractivity contribution in [3.05, 3.63) is 29.8 Å². The molecule has 4 nitrogen and oxygen atoms in total. The van der Waals surface area contributed by atoms with Crippen LogP contribution in [0.5, 0.6) is 5.75 Å². The number of carbonyl (C=O) groups is 1. The van der Waals surface area contributed by atoms with Gasteiger partial charge in [-0.05, 0) is 44.9 Å².